The standard InChI is InChI=1S/C21H23N3O5S/c1-14(25)29-19-20(15-8-10-16(28-3)11-9-15)30-18-7-5-4-6-17(18)24(21(19)26)13-12-23(2)22-27/h4-11,19-20H,12-13H2,1-3H3/i1D3. The second kappa shape index (κ2) is 9.62. The molecule has 0 saturated carbocycles. The van der Waals surface area contributed by atoms with Crippen LogP contribution in [0.3, 0.4) is 0 Å². The first kappa shape index (κ1) is 17.8. The Balaban J connectivity index is 2.07. The van der Waals surface area contributed by atoms with Crippen molar-refractivity contribution in [2.75, 3.05) is 32.1 Å². The minimum absolute atomic E-state index is 0.0792. The van der Waals surface area contributed by atoms with Crippen molar-refractivity contribution in [2.45, 2.75) is 23.1 Å². The van der Waals surface area contributed by atoms with Gasteiger partial charge < -0.3 is 14.4 Å². The maximum atomic E-state index is 13.7. The topological polar surface area (TPSA) is 88.5 Å². The zero-order valence-corrected chi connectivity index (χ0v) is 17.3. The number of carbonyl (C=O) groups excluding carboxylic acids is 2. The number of carbonyl (C=O) groups is 2. The van der Waals surface area contributed by atoms with E-state index in [1.54, 1.807) is 36.4 Å². The van der Waals surface area contributed by atoms with Crippen LogP contribution in [0.1, 0.15) is 21.8 Å². The second-order valence-corrected chi connectivity index (χ2v) is 7.74. The highest BCUT2D eigenvalue weighted by Crippen LogP contribution is 2.46. The van der Waals surface area contributed by atoms with E-state index in [-0.39, 0.29) is 13.1 Å². The summed E-state index contributed by atoms with van der Waals surface area (Å²) < 4.78 is 32.7. The van der Waals surface area contributed by atoms with E-state index in [4.69, 9.17) is 13.6 Å². The molecule has 1 heterocycles. The summed E-state index contributed by atoms with van der Waals surface area (Å²) in [5.74, 6) is -1.45. The highest BCUT2D eigenvalue weighted by molar-refractivity contribution is 7.99. The molecular weight excluding hydrogens is 406 g/mol. The predicted octanol–water partition coefficient (Wildman–Crippen LogP) is 3.42. The van der Waals surface area contributed by atoms with E-state index in [0.717, 1.165) is 9.90 Å². The van der Waals surface area contributed by atoms with Crippen molar-refractivity contribution in [3.63, 3.8) is 0 Å². The molecule has 1 aliphatic rings. The number of para-hydroxylation sites is 1. The van der Waals surface area contributed by atoms with E-state index >= 15 is 0 Å². The predicted molar refractivity (Wildman–Crippen MR) is 114 cm³/mol. The highest BCUT2D eigenvalue weighted by atomic mass is 32.2. The average Bonchev–Trinajstić information content (AvgIpc) is 2.91. The Morgan fingerprint density at radius 3 is 2.67 bits per heavy atom. The SMILES string of the molecule is [2H]C([2H])([2H])C(=O)OC1C(=O)N(CCN(C)N=O)c2ccccc2SC1c1ccc(OC)cc1. The Morgan fingerprint density at radius 1 is 1.27 bits per heavy atom. The number of ether oxygens (including phenoxy) is 2. The second-order valence-electron chi connectivity index (χ2n) is 6.56. The lowest BCUT2D eigenvalue weighted by molar-refractivity contribution is -0.152. The number of methoxy groups -OCH3 is 1. The molecule has 0 aromatic heterocycles. The number of anilines is 1. The van der Waals surface area contributed by atoms with E-state index in [2.05, 4.69) is 5.29 Å². The third-order valence-corrected chi connectivity index (χ3v) is 6.03. The lowest BCUT2D eigenvalue weighted by Gasteiger charge is -2.28. The molecule has 0 aliphatic carbocycles. The molecule has 30 heavy (non-hydrogen) atoms. The number of likely N-dealkylation sites (N-methyl/N-ethyl adjacent to an activating group) is 1. The van der Waals surface area contributed by atoms with Gasteiger partial charge in [-0.1, -0.05) is 24.3 Å². The van der Waals surface area contributed by atoms with Crippen LogP contribution in [0, 0.1) is 4.91 Å². The van der Waals surface area contributed by atoms with E-state index < -0.39 is 30.1 Å². The van der Waals surface area contributed by atoms with E-state index in [1.807, 2.05) is 12.1 Å². The van der Waals surface area contributed by atoms with Gasteiger partial charge in [-0.3, -0.25) is 14.6 Å². The molecule has 0 bridgehead atoms. The molecule has 0 saturated heterocycles. The minimum atomic E-state index is -3.03. The normalized spacial score (nSPS) is 20.1. The molecule has 1 aliphatic heterocycles. The van der Waals surface area contributed by atoms with Crippen molar-refractivity contribution in [2.24, 2.45) is 5.29 Å². The quantitative estimate of drug-likeness (QED) is 0.376. The number of rotatable bonds is 7. The van der Waals surface area contributed by atoms with Crippen molar-refractivity contribution in [3.05, 3.63) is 59.0 Å². The van der Waals surface area contributed by atoms with Crippen molar-refractivity contribution >= 4 is 29.3 Å². The summed E-state index contributed by atoms with van der Waals surface area (Å²) in [5, 5.41) is 3.24. The number of esters is 1. The van der Waals surface area contributed by atoms with E-state index in [1.165, 1.54) is 30.8 Å². The summed E-state index contributed by atoms with van der Waals surface area (Å²) in [7, 11) is 3.00. The summed E-state index contributed by atoms with van der Waals surface area (Å²) in [6.45, 7) is -2.82. The maximum Gasteiger partial charge on any atom is 0.303 e. The van der Waals surface area contributed by atoms with Gasteiger partial charge in [-0.2, -0.15) is 0 Å². The van der Waals surface area contributed by atoms with Crippen LogP contribution in [0.5, 0.6) is 5.75 Å². The molecule has 2 unspecified atom stereocenters. The Kier molecular flexibility index (Phi) is 5.69. The molecule has 3 rings (SSSR count). The van der Waals surface area contributed by atoms with Crippen molar-refractivity contribution in [3.8, 4) is 5.75 Å². The summed E-state index contributed by atoms with van der Waals surface area (Å²) in [4.78, 5) is 38.9. The molecule has 9 heteroatoms. The Bertz CT molecular complexity index is 1020. The van der Waals surface area contributed by atoms with Gasteiger partial charge in [0.15, 0.2) is 6.10 Å². The average molecular weight is 433 g/mol. The van der Waals surface area contributed by atoms with Crippen LogP contribution in [-0.4, -0.2) is 50.2 Å². The molecule has 0 fully saturated rings. The largest absolute Gasteiger partial charge is 0.497 e. The number of hydrogen-bond acceptors (Lipinski definition) is 7. The lowest BCUT2D eigenvalue weighted by Crippen LogP contribution is -2.45. The van der Waals surface area contributed by atoms with Crippen LogP contribution in [0.15, 0.2) is 58.7 Å². The van der Waals surface area contributed by atoms with Crippen LogP contribution in [0.25, 0.3) is 0 Å². The molecule has 0 spiro atoms. The summed E-state index contributed by atoms with van der Waals surface area (Å²) in [6.07, 6.45) is -1.42. The minimum Gasteiger partial charge on any atom is -0.497 e. The Morgan fingerprint density at radius 2 is 2.00 bits per heavy atom. The van der Waals surface area contributed by atoms with Crippen LogP contribution in [0.4, 0.5) is 5.69 Å². The number of fused-ring (bicyclic) bond motifs is 1. The highest BCUT2D eigenvalue weighted by Gasteiger charge is 2.40. The van der Waals surface area contributed by atoms with Crippen LogP contribution >= 0.6 is 11.8 Å². The van der Waals surface area contributed by atoms with Crippen molar-refractivity contribution in [1.29, 1.82) is 0 Å². The first-order chi connectivity index (χ1) is 15.7. The van der Waals surface area contributed by atoms with Crippen LogP contribution in [0.2, 0.25) is 0 Å². The zero-order valence-electron chi connectivity index (χ0n) is 19.5. The fourth-order valence-electron chi connectivity index (χ4n) is 3.16. The summed E-state index contributed by atoms with van der Waals surface area (Å²) >= 11 is 1.29. The first-order valence-corrected chi connectivity index (χ1v) is 10.00. The monoisotopic (exact) mass is 432 g/mol. The van der Waals surface area contributed by atoms with Gasteiger partial charge in [0.2, 0.25) is 0 Å². The molecule has 2 atom stereocenters. The number of thioether (sulfide) groups is 1. The van der Waals surface area contributed by atoms with Crippen LogP contribution < -0.4 is 9.64 Å². The molecule has 0 radical (unpaired) electrons. The van der Waals surface area contributed by atoms with Gasteiger partial charge in [-0.05, 0) is 29.8 Å². The van der Waals surface area contributed by atoms with Crippen LogP contribution in [-0.2, 0) is 14.3 Å². The number of benzene rings is 2. The van der Waals surface area contributed by atoms with Gasteiger partial charge in [0.1, 0.15) is 5.75 Å². The third-order valence-electron chi connectivity index (χ3n) is 4.66. The molecule has 0 N–H and O–H groups in total. The molecule has 1 amide bonds. The smallest absolute Gasteiger partial charge is 0.303 e. The van der Waals surface area contributed by atoms with Gasteiger partial charge in [0, 0.05) is 29.5 Å². The zero-order chi connectivity index (χ0) is 24.2. The number of amides is 1. The fraction of sp³-hybridized carbons (Fsp3) is 0.333. The fourth-order valence-corrected chi connectivity index (χ4v) is 4.48. The summed E-state index contributed by atoms with van der Waals surface area (Å²) in [6, 6.07) is 14.0. The lowest BCUT2D eigenvalue weighted by atomic mass is 10.1. The third kappa shape index (κ3) is 4.73. The van der Waals surface area contributed by atoms with Crippen molar-refractivity contribution < 1.29 is 23.2 Å². The maximum absolute atomic E-state index is 13.7. The first-order valence-electron chi connectivity index (χ1n) is 10.6. The molecule has 2 aromatic carbocycles. The van der Waals surface area contributed by atoms with Gasteiger partial charge >= 0.3 is 5.97 Å². The number of hydrogen-bond donors (Lipinski definition) is 0. The Hall–Kier alpha value is -3.07. The van der Waals surface area contributed by atoms with Gasteiger partial charge in [0.05, 0.1) is 29.9 Å². The Labute approximate surface area is 183 Å². The van der Waals surface area contributed by atoms with Gasteiger partial charge in [0.25, 0.3) is 5.91 Å². The number of nitrogens with zero attached hydrogens (tertiary/aromatic N) is 3. The molecule has 158 valence electrons. The summed E-state index contributed by atoms with van der Waals surface area (Å²) in [5.41, 5.74) is 1.22. The molecular formula is C21H23N3O5S. The molecule has 2 aromatic rings. The van der Waals surface area contributed by atoms with E-state index in [9.17, 15) is 14.5 Å². The number of nitroso groups, excluding NO2 is 1. The van der Waals surface area contributed by atoms with Gasteiger partial charge in [-0.25, -0.2) is 0 Å². The van der Waals surface area contributed by atoms with Gasteiger partial charge in [-0.15, -0.1) is 16.7 Å². The molecule has 8 nitrogen and oxygen atoms in total. The van der Waals surface area contributed by atoms with Crippen molar-refractivity contribution in [1.82, 2.24) is 5.01 Å². The van der Waals surface area contributed by atoms with E-state index in [0.29, 0.717) is 17.0 Å².